The molecule has 0 saturated carbocycles. The number of halogens is 1. The lowest BCUT2D eigenvalue weighted by Gasteiger charge is -2.17. The molecule has 0 radical (unpaired) electrons. The Morgan fingerprint density at radius 3 is 2.53 bits per heavy atom. The number of hydrogen-bond acceptors (Lipinski definition) is 5. The lowest BCUT2D eigenvalue weighted by Crippen LogP contribution is -2.22. The number of esters is 1. The predicted octanol–water partition coefficient (Wildman–Crippen LogP) is 0.996. The van der Waals surface area contributed by atoms with E-state index in [1.807, 2.05) is 0 Å². The van der Waals surface area contributed by atoms with E-state index in [2.05, 4.69) is 4.74 Å². The van der Waals surface area contributed by atoms with Gasteiger partial charge in [0.15, 0.2) is 0 Å². The quantitative estimate of drug-likeness (QED) is 0.698. The van der Waals surface area contributed by atoms with Crippen molar-refractivity contribution in [1.29, 1.82) is 0 Å². The van der Waals surface area contributed by atoms with Crippen molar-refractivity contribution in [3.05, 3.63) is 34.3 Å². The predicted molar refractivity (Wildman–Crippen MR) is 66.0 cm³/mol. The van der Waals surface area contributed by atoms with Gasteiger partial charge in [-0.2, -0.15) is 0 Å². The molecule has 0 aliphatic rings. The molecule has 2 unspecified atom stereocenters. The van der Waals surface area contributed by atoms with Gasteiger partial charge in [0.25, 0.3) is 0 Å². The first-order valence-corrected chi connectivity index (χ1v) is 5.70. The number of aliphatic hydroxyl groups excluding tert-OH is 2. The standard InChI is InChI=1S/C12H13ClO6/c1-19-10(15)5-9(14)11(16)6-2-3-8(13)7(4-6)12(17)18/h2-4,9,11,14,16H,5H2,1H3,(H,17,18). The SMILES string of the molecule is COC(=O)CC(O)C(O)c1ccc(Cl)c(C(=O)O)c1. The Labute approximate surface area is 114 Å². The average molecular weight is 289 g/mol. The maximum absolute atomic E-state index is 11.0. The highest BCUT2D eigenvalue weighted by Gasteiger charge is 2.23. The number of ether oxygens (including phenoxy) is 1. The summed E-state index contributed by atoms with van der Waals surface area (Å²) in [6.45, 7) is 0. The third-order valence-corrected chi connectivity index (χ3v) is 2.86. The molecule has 0 aliphatic heterocycles. The van der Waals surface area contributed by atoms with E-state index in [0.29, 0.717) is 0 Å². The largest absolute Gasteiger partial charge is 0.478 e. The summed E-state index contributed by atoms with van der Waals surface area (Å²) in [5.41, 5.74) is -0.0401. The normalized spacial score (nSPS) is 13.7. The minimum atomic E-state index is -1.41. The van der Waals surface area contributed by atoms with E-state index >= 15 is 0 Å². The number of aliphatic hydroxyl groups is 2. The minimum absolute atomic E-state index is 0.0194. The third kappa shape index (κ3) is 3.92. The highest BCUT2D eigenvalue weighted by molar-refractivity contribution is 6.33. The Morgan fingerprint density at radius 1 is 1.37 bits per heavy atom. The number of hydrogen-bond donors (Lipinski definition) is 3. The zero-order chi connectivity index (χ0) is 14.6. The molecular weight excluding hydrogens is 276 g/mol. The molecule has 1 aromatic carbocycles. The van der Waals surface area contributed by atoms with Crippen LogP contribution < -0.4 is 0 Å². The molecule has 0 bridgehead atoms. The molecule has 0 spiro atoms. The number of carboxylic acid groups (broad SMARTS) is 1. The maximum atomic E-state index is 11.0. The van der Waals surface area contributed by atoms with Crippen LogP contribution in [0.3, 0.4) is 0 Å². The van der Waals surface area contributed by atoms with Gasteiger partial charge in [-0.3, -0.25) is 4.79 Å². The maximum Gasteiger partial charge on any atom is 0.337 e. The first-order valence-electron chi connectivity index (χ1n) is 5.32. The Kier molecular flexibility index (Phi) is 5.29. The van der Waals surface area contributed by atoms with Crippen LogP contribution in [-0.4, -0.2) is 40.5 Å². The van der Waals surface area contributed by atoms with Crippen LogP contribution in [0.15, 0.2) is 18.2 Å². The Balaban J connectivity index is 2.93. The van der Waals surface area contributed by atoms with Crippen LogP contribution >= 0.6 is 11.6 Å². The van der Waals surface area contributed by atoms with Gasteiger partial charge in [-0.05, 0) is 17.7 Å². The van der Waals surface area contributed by atoms with Crippen LogP contribution in [0.25, 0.3) is 0 Å². The third-order valence-electron chi connectivity index (χ3n) is 2.53. The van der Waals surface area contributed by atoms with Gasteiger partial charge in [-0.25, -0.2) is 4.79 Å². The van der Waals surface area contributed by atoms with Gasteiger partial charge in [0, 0.05) is 0 Å². The number of carbonyl (C=O) groups excluding carboxylic acids is 1. The highest BCUT2D eigenvalue weighted by atomic mass is 35.5. The zero-order valence-corrected chi connectivity index (χ0v) is 10.8. The molecule has 0 fully saturated rings. The molecule has 0 saturated heterocycles. The number of rotatable bonds is 5. The summed E-state index contributed by atoms with van der Waals surface area (Å²) in [7, 11) is 1.16. The summed E-state index contributed by atoms with van der Waals surface area (Å²) in [6, 6.07) is 3.82. The molecule has 3 N–H and O–H groups in total. The van der Waals surface area contributed by atoms with Crippen LogP contribution in [0.2, 0.25) is 5.02 Å². The molecule has 1 aromatic rings. The Bertz CT molecular complexity index is 487. The van der Waals surface area contributed by atoms with Crippen LogP contribution in [0, 0.1) is 0 Å². The monoisotopic (exact) mass is 288 g/mol. The van der Waals surface area contributed by atoms with E-state index in [1.165, 1.54) is 12.1 Å². The molecular formula is C12H13ClO6. The number of aromatic carboxylic acids is 1. The van der Waals surface area contributed by atoms with Gasteiger partial charge in [-0.1, -0.05) is 17.7 Å². The molecule has 104 valence electrons. The van der Waals surface area contributed by atoms with Gasteiger partial charge in [-0.15, -0.1) is 0 Å². The lowest BCUT2D eigenvalue weighted by molar-refractivity contribution is -0.144. The molecule has 1 rings (SSSR count). The molecule has 0 aromatic heterocycles. The number of carboxylic acids is 1. The molecule has 0 aliphatic carbocycles. The zero-order valence-electron chi connectivity index (χ0n) is 10.0. The van der Waals surface area contributed by atoms with E-state index in [4.69, 9.17) is 16.7 Å². The van der Waals surface area contributed by atoms with E-state index in [-0.39, 0.29) is 16.1 Å². The fourth-order valence-corrected chi connectivity index (χ4v) is 1.68. The summed E-state index contributed by atoms with van der Waals surface area (Å²) in [4.78, 5) is 21.9. The smallest absolute Gasteiger partial charge is 0.337 e. The van der Waals surface area contributed by atoms with Crippen molar-refractivity contribution < 1.29 is 29.6 Å². The van der Waals surface area contributed by atoms with Crippen molar-refractivity contribution in [3.63, 3.8) is 0 Å². The van der Waals surface area contributed by atoms with Crippen LogP contribution in [0.5, 0.6) is 0 Å². The molecule has 2 atom stereocenters. The second-order valence-corrected chi connectivity index (χ2v) is 4.24. The first-order chi connectivity index (χ1) is 8.86. The lowest BCUT2D eigenvalue weighted by atomic mass is 10.00. The molecule has 6 nitrogen and oxygen atoms in total. The van der Waals surface area contributed by atoms with E-state index < -0.39 is 30.6 Å². The van der Waals surface area contributed by atoms with Gasteiger partial charge >= 0.3 is 11.9 Å². The second kappa shape index (κ2) is 6.51. The molecule has 7 heteroatoms. The summed E-state index contributed by atoms with van der Waals surface area (Å²) >= 11 is 5.68. The van der Waals surface area contributed by atoms with Gasteiger partial charge in [0.2, 0.25) is 0 Å². The summed E-state index contributed by atoms with van der Waals surface area (Å²) < 4.78 is 4.36. The van der Waals surface area contributed by atoms with E-state index in [1.54, 1.807) is 0 Å². The minimum Gasteiger partial charge on any atom is -0.478 e. The summed E-state index contributed by atoms with van der Waals surface area (Å²) in [5.74, 6) is -1.93. The van der Waals surface area contributed by atoms with Gasteiger partial charge < -0.3 is 20.1 Å². The fraction of sp³-hybridized carbons (Fsp3) is 0.333. The molecule has 19 heavy (non-hydrogen) atoms. The van der Waals surface area contributed by atoms with Crippen molar-refractivity contribution in [1.82, 2.24) is 0 Å². The fourth-order valence-electron chi connectivity index (χ4n) is 1.48. The summed E-state index contributed by atoms with van der Waals surface area (Å²) in [6.07, 6.45) is -3.20. The second-order valence-electron chi connectivity index (χ2n) is 3.84. The molecule has 0 amide bonds. The van der Waals surface area contributed by atoms with Crippen LogP contribution in [0.4, 0.5) is 0 Å². The Morgan fingerprint density at radius 2 is 2.00 bits per heavy atom. The van der Waals surface area contributed by atoms with Crippen molar-refractivity contribution in [2.75, 3.05) is 7.11 Å². The average Bonchev–Trinajstić information content (AvgIpc) is 2.37. The Hall–Kier alpha value is -1.63. The van der Waals surface area contributed by atoms with Crippen molar-refractivity contribution in [3.8, 4) is 0 Å². The number of benzene rings is 1. The van der Waals surface area contributed by atoms with Crippen LogP contribution in [0.1, 0.15) is 28.4 Å². The highest BCUT2D eigenvalue weighted by Crippen LogP contribution is 2.24. The number of carbonyl (C=O) groups is 2. The van der Waals surface area contributed by atoms with Gasteiger partial charge in [0.05, 0.1) is 30.2 Å². The van der Waals surface area contributed by atoms with E-state index in [9.17, 15) is 19.8 Å². The summed E-state index contributed by atoms with van der Waals surface area (Å²) in [5, 5.41) is 28.4. The number of methoxy groups -OCH3 is 1. The van der Waals surface area contributed by atoms with Crippen molar-refractivity contribution in [2.45, 2.75) is 18.6 Å². The van der Waals surface area contributed by atoms with E-state index in [0.717, 1.165) is 13.2 Å². The van der Waals surface area contributed by atoms with Gasteiger partial charge in [0.1, 0.15) is 6.10 Å². The van der Waals surface area contributed by atoms with Crippen molar-refractivity contribution >= 4 is 23.5 Å². The van der Waals surface area contributed by atoms with Crippen molar-refractivity contribution in [2.24, 2.45) is 0 Å². The topological polar surface area (TPSA) is 104 Å². The first kappa shape index (κ1) is 15.4. The molecule has 0 heterocycles. The van der Waals surface area contributed by atoms with Crippen LogP contribution in [-0.2, 0) is 9.53 Å².